The highest BCUT2D eigenvalue weighted by Gasteiger charge is 2.10. The summed E-state index contributed by atoms with van der Waals surface area (Å²) in [5, 5.41) is 13.1. The van der Waals surface area contributed by atoms with Gasteiger partial charge in [0.05, 0.1) is 20.8 Å². The van der Waals surface area contributed by atoms with Gasteiger partial charge in [-0.3, -0.25) is 0 Å². The largest absolute Gasteiger partial charge is 0.502 e. The van der Waals surface area contributed by atoms with E-state index in [1.54, 1.807) is 12.1 Å². The van der Waals surface area contributed by atoms with Crippen LogP contribution >= 0.6 is 0 Å². The van der Waals surface area contributed by atoms with Crippen LogP contribution in [-0.2, 0) is 11.3 Å². The summed E-state index contributed by atoms with van der Waals surface area (Å²) in [5.74, 6) is 1.54. The lowest BCUT2D eigenvalue weighted by molar-refractivity contribution is 0.125. The van der Waals surface area contributed by atoms with E-state index < -0.39 is 0 Å². The average Bonchev–Trinajstić information content (AvgIpc) is 2.47. The summed E-state index contributed by atoms with van der Waals surface area (Å²) in [6.07, 6.45) is 1.09. The van der Waals surface area contributed by atoms with E-state index in [1.165, 1.54) is 14.2 Å². The molecule has 0 bridgehead atoms. The lowest BCUT2D eigenvalue weighted by Crippen LogP contribution is -2.19. The Morgan fingerprint density at radius 1 is 1.10 bits per heavy atom. The van der Waals surface area contributed by atoms with Crippen LogP contribution in [0.2, 0.25) is 0 Å². The fourth-order valence-corrected chi connectivity index (χ4v) is 1.85. The maximum Gasteiger partial charge on any atom is 0.200 e. The molecule has 0 heterocycles. The molecule has 0 radical (unpaired) electrons. The zero-order chi connectivity index (χ0) is 15.7. The van der Waals surface area contributed by atoms with E-state index in [9.17, 15) is 5.11 Å². The van der Waals surface area contributed by atoms with E-state index in [0.29, 0.717) is 30.6 Å². The molecule has 0 saturated carbocycles. The van der Waals surface area contributed by atoms with Gasteiger partial charge in [-0.15, -0.1) is 0 Å². The SMILES string of the molecule is COc1cc(CNCCOCCC(C)C)cc(OC)c1O. The van der Waals surface area contributed by atoms with Crippen molar-refractivity contribution in [1.82, 2.24) is 5.32 Å². The number of phenolic OH excluding ortho intramolecular Hbond substituents is 1. The third kappa shape index (κ3) is 6.23. The second-order valence-electron chi connectivity index (χ2n) is 5.32. The van der Waals surface area contributed by atoms with E-state index in [-0.39, 0.29) is 5.75 Å². The van der Waals surface area contributed by atoms with Crippen LogP contribution in [-0.4, -0.2) is 39.1 Å². The van der Waals surface area contributed by atoms with Crippen molar-refractivity contribution in [3.63, 3.8) is 0 Å². The minimum atomic E-state index is 0.0285. The predicted molar refractivity (Wildman–Crippen MR) is 83.2 cm³/mol. The van der Waals surface area contributed by atoms with E-state index in [1.807, 2.05) is 0 Å². The van der Waals surface area contributed by atoms with Gasteiger partial charge in [0.15, 0.2) is 11.5 Å². The third-order valence-corrected chi connectivity index (χ3v) is 3.13. The molecule has 0 aliphatic carbocycles. The monoisotopic (exact) mass is 297 g/mol. The van der Waals surface area contributed by atoms with E-state index in [4.69, 9.17) is 14.2 Å². The number of aromatic hydroxyl groups is 1. The highest BCUT2D eigenvalue weighted by Crippen LogP contribution is 2.36. The lowest BCUT2D eigenvalue weighted by Gasteiger charge is -2.12. The quantitative estimate of drug-likeness (QED) is 0.650. The van der Waals surface area contributed by atoms with Crippen LogP contribution < -0.4 is 14.8 Å². The van der Waals surface area contributed by atoms with Crippen LogP contribution in [0.5, 0.6) is 17.2 Å². The summed E-state index contributed by atoms with van der Waals surface area (Å²) in [6, 6.07) is 3.59. The summed E-state index contributed by atoms with van der Waals surface area (Å²) >= 11 is 0. The van der Waals surface area contributed by atoms with Crippen LogP contribution in [0.1, 0.15) is 25.8 Å². The van der Waals surface area contributed by atoms with Gasteiger partial charge < -0.3 is 24.6 Å². The zero-order valence-corrected chi connectivity index (χ0v) is 13.4. The fourth-order valence-electron chi connectivity index (χ4n) is 1.85. The first-order valence-electron chi connectivity index (χ1n) is 7.30. The maximum absolute atomic E-state index is 9.84. The Labute approximate surface area is 127 Å². The van der Waals surface area contributed by atoms with Gasteiger partial charge in [0.25, 0.3) is 0 Å². The Bertz CT molecular complexity index is 396. The zero-order valence-electron chi connectivity index (χ0n) is 13.4. The molecule has 2 N–H and O–H groups in total. The van der Waals surface area contributed by atoms with Crippen LogP contribution in [0.25, 0.3) is 0 Å². The number of hydrogen-bond acceptors (Lipinski definition) is 5. The summed E-state index contributed by atoms with van der Waals surface area (Å²) in [4.78, 5) is 0. The molecule has 0 unspecified atom stereocenters. The molecular weight excluding hydrogens is 270 g/mol. The second-order valence-corrected chi connectivity index (χ2v) is 5.32. The molecule has 0 saturated heterocycles. The van der Waals surface area contributed by atoms with Gasteiger partial charge in [-0.2, -0.15) is 0 Å². The van der Waals surface area contributed by atoms with Crippen molar-refractivity contribution in [3.05, 3.63) is 17.7 Å². The van der Waals surface area contributed by atoms with E-state index >= 15 is 0 Å². The molecule has 5 nitrogen and oxygen atoms in total. The topological polar surface area (TPSA) is 60.0 Å². The minimum absolute atomic E-state index is 0.0285. The number of methoxy groups -OCH3 is 2. The molecule has 0 atom stereocenters. The highest BCUT2D eigenvalue weighted by molar-refractivity contribution is 5.52. The predicted octanol–water partition coefficient (Wildman–Crippen LogP) is 2.56. The number of rotatable bonds is 10. The van der Waals surface area contributed by atoms with E-state index in [2.05, 4.69) is 19.2 Å². The van der Waals surface area contributed by atoms with Crippen molar-refractivity contribution >= 4 is 0 Å². The first kappa shape index (κ1) is 17.6. The molecule has 0 amide bonds. The van der Waals surface area contributed by atoms with Crippen molar-refractivity contribution in [1.29, 1.82) is 0 Å². The Hall–Kier alpha value is -1.46. The van der Waals surface area contributed by atoms with Crippen molar-refractivity contribution in [2.45, 2.75) is 26.8 Å². The molecule has 5 heteroatoms. The molecule has 1 aromatic rings. The number of nitrogens with one attached hydrogen (secondary N) is 1. The van der Waals surface area contributed by atoms with Crippen molar-refractivity contribution in [3.8, 4) is 17.2 Å². The molecule has 0 fully saturated rings. The van der Waals surface area contributed by atoms with E-state index in [0.717, 1.165) is 25.1 Å². The minimum Gasteiger partial charge on any atom is -0.502 e. The third-order valence-electron chi connectivity index (χ3n) is 3.13. The van der Waals surface area contributed by atoms with Crippen LogP contribution in [0, 0.1) is 5.92 Å². The molecule has 0 aliphatic heterocycles. The Balaban J connectivity index is 2.35. The molecule has 0 aliphatic rings. The molecule has 0 aromatic heterocycles. The average molecular weight is 297 g/mol. The number of phenols is 1. The summed E-state index contributed by atoms with van der Waals surface area (Å²) in [7, 11) is 3.04. The first-order valence-corrected chi connectivity index (χ1v) is 7.30. The van der Waals surface area contributed by atoms with Gasteiger partial charge in [0.2, 0.25) is 5.75 Å². The summed E-state index contributed by atoms with van der Waals surface area (Å²) in [6.45, 7) is 7.32. The van der Waals surface area contributed by atoms with Crippen molar-refractivity contribution in [2.75, 3.05) is 34.0 Å². The van der Waals surface area contributed by atoms with Gasteiger partial charge in [0, 0.05) is 19.7 Å². The second kappa shape index (κ2) is 9.47. The summed E-state index contributed by atoms with van der Waals surface area (Å²) in [5.41, 5.74) is 0.990. The molecular formula is C16H27NO4. The summed E-state index contributed by atoms with van der Waals surface area (Å²) < 4.78 is 15.8. The van der Waals surface area contributed by atoms with Gasteiger partial charge in [-0.1, -0.05) is 13.8 Å². The molecule has 21 heavy (non-hydrogen) atoms. The number of benzene rings is 1. The standard InChI is InChI=1S/C16H27NO4/c1-12(2)5-7-21-8-6-17-11-13-9-14(19-3)16(18)15(10-13)20-4/h9-10,12,17-18H,5-8,11H2,1-4H3. The highest BCUT2D eigenvalue weighted by atomic mass is 16.5. The Morgan fingerprint density at radius 2 is 1.71 bits per heavy atom. The normalized spacial score (nSPS) is 10.9. The van der Waals surface area contributed by atoms with Gasteiger partial charge in [-0.25, -0.2) is 0 Å². The number of ether oxygens (including phenoxy) is 3. The molecule has 1 aromatic carbocycles. The Morgan fingerprint density at radius 3 is 2.24 bits per heavy atom. The molecule has 120 valence electrons. The Kier molecular flexibility index (Phi) is 7.93. The van der Waals surface area contributed by atoms with Gasteiger partial charge in [0.1, 0.15) is 0 Å². The van der Waals surface area contributed by atoms with Crippen LogP contribution in [0.3, 0.4) is 0 Å². The van der Waals surface area contributed by atoms with Crippen molar-refractivity contribution in [2.24, 2.45) is 5.92 Å². The number of hydrogen-bond donors (Lipinski definition) is 2. The van der Waals surface area contributed by atoms with Crippen LogP contribution in [0.15, 0.2) is 12.1 Å². The maximum atomic E-state index is 9.84. The molecule has 0 spiro atoms. The first-order chi connectivity index (χ1) is 10.1. The fraction of sp³-hybridized carbons (Fsp3) is 0.625. The van der Waals surface area contributed by atoms with Gasteiger partial charge >= 0.3 is 0 Å². The van der Waals surface area contributed by atoms with Crippen LogP contribution in [0.4, 0.5) is 0 Å². The van der Waals surface area contributed by atoms with Crippen molar-refractivity contribution < 1.29 is 19.3 Å². The van der Waals surface area contributed by atoms with Gasteiger partial charge in [-0.05, 0) is 30.0 Å². The smallest absolute Gasteiger partial charge is 0.200 e. The lowest BCUT2D eigenvalue weighted by atomic mass is 10.1. The molecule has 1 rings (SSSR count).